The molecular formula is C20H13Cl2N3O4. The van der Waals surface area contributed by atoms with Crippen LogP contribution in [0.1, 0.15) is 20.7 Å². The molecule has 0 bridgehead atoms. The van der Waals surface area contributed by atoms with Gasteiger partial charge in [0.25, 0.3) is 17.5 Å². The summed E-state index contributed by atoms with van der Waals surface area (Å²) in [7, 11) is 0. The van der Waals surface area contributed by atoms with Crippen molar-refractivity contribution in [3.63, 3.8) is 0 Å². The number of hydrogen-bond donors (Lipinski definition) is 2. The van der Waals surface area contributed by atoms with Gasteiger partial charge in [-0.3, -0.25) is 19.7 Å². The van der Waals surface area contributed by atoms with Gasteiger partial charge in [-0.15, -0.1) is 0 Å². The zero-order chi connectivity index (χ0) is 21.0. The van der Waals surface area contributed by atoms with Crippen LogP contribution in [0, 0.1) is 10.1 Å². The SMILES string of the molecule is O=C(Nc1ccc(NC(=O)c2ccccc2Cl)cc1)c1ccc(Cl)c([N+](=O)[O-])c1. The van der Waals surface area contributed by atoms with E-state index in [4.69, 9.17) is 23.2 Å². The van der Waals surface area contributed by atoms with Crippen LogP contribution in [0.2, 0.25) is 10.0 Å². The third-order valence-corrected chi connectivity index (χ3v) is 4.57. The minimum Gasteiger partial charge on any atom is -0.322 e. The molecule has 3 rings (SSSR count). The number of anilines is 2. The number of carbonyl (C=O) groups excluding carboxylic acids is 2. The lowest BCUT2D eigenvalue weighted by Crippen LogP contribution is -2.13. The Morgan fingerprint density at radius 2 is 1.38 bits per heavy atom. The number of nitro groups is 1. The number of rotatable bonds is 5. The van der Waals surface area contributed by atoms with E-state index in [2.05, 4.69) is 10.6 Å². The second-order valence-electron chi connectivity index (χ2n) is 5.89. The second-order valence-corrected chi connectivity index (χ2v) is 6.70. The van der Waals surface area contributed by atoms with Gasteiger partial charge >= 0.3 is 0 Å². The van der Waals surface area contributed by atoms with Crippen molar-refractivity contribution < 1.29 is 14.5 Å². The summed E-state index contributed by atoms with van der Waals surface area (Å²) in [5, 5.41) is 16.6. The Labute approximate surface area is 175 Å². The van der Waals surface area contributed by atoms with Gasteiger partial charge in [0, 0.05) is 23.0 Å². The number of nitro benzene ring substituents is 1. The van der Waals surface area contributed by atoms with Crippen molar-refractivity contribution in [2.45, 2.75) is 0 Å². The van der Waals surface area contributed by atoms with Crippen molar-refractivity contribution in [3.8, 4) is 0 Å². The van der Waals surface area contributed by atoms with Crippen LogP contribution >= 0.6 is 23.2 Å². The Balaban J connectivity index is 1.68. The molecule has 0 saturated carbocycles. The number of hydrogen-bond acceptors (Lipinski definition) is 4. The molecular weight excluding hydrogens is 417 g/mol. The summed E-state index contributed by atoms with van der Waals surface area (Å²) in [4.78, 5) is 34.9. The highest BCUT2D eigenvalue weighted by molar-refractivity contribution is 6.34. The van der Waals surface area contributed by atoms with E-state index in [1.807, 2.05) is 0 Å². The lowest BCUT2D eigenvalue weighted by molar-refractivity contribution is -0.384. The summed E-state index contributed by atoms with van der Waals surface area (Å²) >= 11 is 11.8. The highest BCUT2D eigenvalue weighted by Crippen LogP contribution is 2.26. The Bertz CT molecular complexity index is 1100. The third kappa shape index (κ3) is 4.90. The Kier molecular flexibility index (Phi) is 6.11. The maximum Gasteiger partial charge on any atom is 0.288 e. The first kappa shape index (κ1) is 20.3. The number of halogens is 2. The molecule has 3 aromatic rings. The molecule has 0 radical (unpaired) electrons. The smallest absolute Gasteiger partial charge is 0.288 e. The van der Waals surface area contributed by atoms with E-state index in [0.29, 0.717) is 22.0 Å². The lowest BCUT2D eigenvalue weighted by atomic mass is 10.1. The topological polar surface area (TPSA) is 101 Å². The van der Waals surface area contributed by atoms with Crippen LogP contribution in [0.25, 0.3) is 0 Å². The molecule has 29 heavy (non-hydrogen) atoms. The van der Waals surface area contributed by atoms with Crippen LogP contribution in [-0.4, -0.2) is 16.7 Å². The van der Waals surface area contributed by atoms with Crippen molar-refractivity contribution in [2.24, 2.45) is 0 Å². The molecule has 7 nitrogen and oxygen atoms in total. The van der Waals surface area contributed by atoms with Gasteiger partial charge in [0.15, 0.2) is 0 Å². The van der Waals surface area contributed by atoms with E-state index in [0.717, 1.165) is 6.07 Å². The first-order chi connectivity index (χ1) is 13.8. The minimum atomic E-state index is -0.657. The first-order valence-corrected chi connectivity index (χ1v) is 9.02. The molecule has 0 aliphatic rings. The van der Waals surface area contributed by atoms with E-state index >= 15 is 0 Å². The maximum absolute atomic E-state index is 12.3. The average molecular weight is 430 g/mol. The molecule has 0 aliphatic heterocycles. The zero-order valence-electron chi connectivity index (χ0n) is 14.7. The van der Waals surface area contributed by atoms with Gasteiger partial charge in [0.2, 0.25) is 0 Å². The molecule has 0 fully saturated rings. The van der Waals surface area contributed by atoms with Crippen LogP contribution < -0.4 is 10.6 Å². The summed E-state index contributed by atoms with van der Waals surface area (Å²) in [6, 6.07) is 16.8. The van der Waals surface area contributed by atoms with E-state index in [-0.39, 0.29) is 22.2 Å². The van der Waals surface area contributed by atoms with Crippen LogP contribution in [0.15, 0.2) is 66.7 Å². The van der Waals surface area contributed by atoms with Crippen molar-refractivity contribution in [3.05, 3.63) is 98.0 Å². The van der Waals surface area contributed by atoms with Gasteiger partial charge in [0.1, 0.15) is 5.02 Å². The van der Waals surface area contributed by atoms with E-state index < -0.39 is 10.8 Å². The highest BCUT2D eigenvalue weighted by Gasteiger charge is 2.16. The fourth-order valence-electron chi connectivity index (χ4n) is 2.48. The fourth-order valence-corrected chi connectivity index (χ4v) is 2.89. The monoisotopic (exact) mass is 429 g/mol. The summed E-state index contributed by atoms with van der Waals surface area (Å²) < 4.78 is 0. The normalized spacial score (nSPS) is 10.3. The molecule has 0 unspecified atom stereocenters. The number of carbonyl (C=O) groups is 2. The van der Waals surface area contributed by atoms with Gasteiger partial charge in [-0.2, -0.15) is 0 Å². The predicted molar refractivity (Wildman–Crippen MR) is 112 cm³/mol. The molecule has 2 amide bonds. The molecule has 0 aromatic heterocycles. The van der Waals surface area contributed by atoms with Crippen LogP contribution in [0.3, 0.4) is 0 Å². The standard InChI is InChI=1S/C20H13Cl2N3O4/c21-16-4-2-1-3-15(16)20(27)24-14-8-6-13(7-9-14)23-19(26)12-5-10-17(22)18(11-12)25(28)29/h1-11H,(H,23,26)(H,24,27). The van der Waals surface area contributed by atoms with Gasteiger partial charge in [-0.1, -0.05) is 35.3 Å². The van der Waals surface area contributed by atoms with Gasteiger partial charge < -0.3 is 10.6 Å². The van der Waals surface area contributed by atoms with E-state index in [1.165, 1.54) is 12.1 Å². The minimum absolute atomic E-state index is 0.0508. The molecule has 0 atom stereocenters. The number of amides is 2. The third-order valence-electron chi connectivity index (χ3n) is 3.92. The second kappa shape index (κ2) is 8.72. The number of benzene rings is 3. The molecule has 3 aromatic carbocycles. The Morgan fingerprint density at radius 1 is 0.793 bits per heavy atom. The average Bonchev–Trinajstić information content (AvgIpc) is 2.69. The molecule has 2 N–H and O–H groups in total. The van der Waals surface area contributed by atoms with Gasteiger partial charge in [-0.25, -0.2) is 0 Å². The lowest BCUT2D eigenvalue weighted by Gasteiger charge is -2.09. The number of nitrogens with one attached hydrogen (secondary N) is 2. The van der Waals surface area contributed by atoms with Gasteiger partial charge in [0.05, 0.1) is 15.5 Å². The zero-order valence-corrected chi connectivity index (χ0v) is 16.2. The largest absolute Gasteiger partial charge is 0.322 e. The summed E-state index contributed by atoms with van der Waals surface area (Å²) in [6.07, 6.45) is 0. The molecule has 0 aliphatic carbocycles. The van der Waals surface area contributed by atoms with Crippen molar-refractivity contribution in [2.75, 3.05) is 10.6 Å². The maximum atomic E-state index is 12.3. The molecule has 0 spiro atoms. The van der Waals surface area contributed by atoms with Crippen molar-refractivity contribution in [1.29, 1.82) is 0 Å². The fraction of sp³-hybridized carbons (Fsp3) is 0. The van der Waals surface area contributed by atoms with Crippen molar-refractivity contribution >= 4 is 52.1 Å². The van der Waals surface area contributed by atoms with Crippen LogP contribution in [-0.2, 0) is 0 Å². The summed E-state index contributed by atoms with van der Waals surface area (Å²) in [5.41, 5.74) is 1.04. The van der Waals surface area contributed by atoms with E-state index in [1.54, 1.807) is 48.5 Å². The van der Waals surface area contributed by atoms with Crippen LogP contribution in [0.4, 0.5) is 17.1 Å². The van der Waals surface area contributed by atoms with Gasteiger partial charge in [-0.05, 0) is 48.5 Å². The van der Waals surface area contributed by atoms with Crippen LogP contribution in [0.5, 0.6) is 0 Å². The predicted octanol–water partition coefficient (Wildman–Crippen LogP) is 5.41. The Morgan fingerprint density at radius 3 is 1.97 bits per heavy atom. The summed E-state index contributed by atoms with van der Waals surface area (Å²) in [5.74, 6) is -0.890. The van der Waals surface area contributed by atoms with Crippen molar-refractivity contribution in [1.82, 2.24) is 0 Å². The van der Waals surface area contributed by atoms with E-state index in [9.17, 15) is 19.7 Å². The first-order valence-electron chi connectivity index (χ1n) is 8.26. The quantitative estimate of drug-likeness (QED) is 0.418. The molecule has 0 heterocycles. The highest BCUT2D eigenvalue weighted by atomic mass is 35.5. The number of nitrogens with zero attached hydrogens (tertiary/aromatic N) is 1. The molecule has 9 heteroatoms. The molecule has 0 saturated heterocycles. The summed E-state index contributed by atoms with van der Waals surface area (Å²) in [6.45, 7) is 0. The molecule has 146 valence electrons. The Hall–Kier alpha value is -3.42.